The van der Waals surface area contributed by atoms with Crippen molar-refractivity contribution in [2.75, 3.05) is 0 Å². The van der Waals surface area contributed by atoms with E-state index in [2.05, 4.69) is 15.0 Å². The second kappa shape index (κ2) is 5.84. The Bertz CT molecular complexity index is 1200. The lowest BCUT2D eigenvalue weighted by atomic mass is 10.1. The standard InChI is InChI=1S/C17H10ClF3N4O/c18-10-2-4-12-14(6-10)24-15(23-12)7-25-8-22-13-5-9(17(19,20)21)1-3-11(13)16(25)26/h1-6,8H,7H2,(H,23,24). The van der Waals surface area contributed by atoms with Crippen molar-refractivity contribution in [1.29, 1.82) is 0 Å². The van der Waals surface area contributed by atoms with E-state index in [9.17, 15) is 18.0 Å². The van der Waals surface area contributed by atoms with E-state index in [-0.39, 0.29) is 17.4 Å². The molecule has 0 unspecified atom stereocenters. The molecule has 0 aliphatic carbocycles. The van der Waals surface area contributed by atoms with Gasteiger partial charge in [-0.2, -0.15) is 13.2 Å². The maximum Gasteiger partial charge on any atom is 0.416 e. The van der Waals surface area contributed by atoms with Crippen molar-refractivity contribution >= 4 is 33.5 Å². The van der Waals surface area contributed by atoms with Gasteiger partial charge in [0.2, 0.25) is 0 Å². The first-order valence-electron chi connectivity index (χ1n) is 7.52. The van der Waals surface area contributed by atoms with E-state index in [1.807, 2.05) is 0 Å². The molecule has 0 saturated heterocycles. The molecule has 2 aromatic heterocycles. The molecule has 9 heteroatoms. The summed E-state index contributed by atoms with van der Waals surface area (Å²) in [6, 6.07) is 8.05. The molecule has 0 aliphatic rings. The van der Waals surface area contributed by atoms with Crippen LogP contribution in [0.2, 0.25) is 5.02 Å². The van der Waals surface area contributed by atoms with Gasteiger partial charge in [-0.15, -0.1) is 0 Å². The molecule has 4 rings (SSSR count). The molecule has 1 N–H and O–H groups in total. The Morgan fingerprint density at radius 3 is 2.69 bits per heavy atom. The average Bonchev–Trinajstić information content (AvgIpc) is 2.97. The lowest BCUT2D eigenvalue weighted by Gasteiger charge is -2.08. The first-order valence-corrected chi connectivity index (χ1v) is 7.89. The summed E-state index contributed by atoms with van der Waals surface area (Å²) in [7, 11) is 0. The normalized spacial score (nSPS) is 12.2. The zero-order valence-electron chi connectivity index (χ0n) is 13.0. The molecule has 0 radical (unpaired) electrons. The van der Waals surface area contributed by atoms with Gasteiger partial charge in [0.05, 0.1) is 40.4 Å². The van der Waals surface area contributed by atoms with E-state index in [0.717, 1.165) is 23.7 Å². The summed E-state index contributed by atoms with van der Waals surface area (Å²) in [6.07, 6.45) is -3.27. The molecular weight excluding hydrogens is 369 g/mol. The molecule has 26 heavy (non-hydrogen) atoms. The number of imidazole rings is 1. The van der Waals surface area contributed by atoms with Crippen LogP contribution in [0.4, 0.5) is 13.2 Å². The Kier molecular flexibility index (Phi) is 3.73. The van der Waals surface area contributed by atoms with Crippen molar-refractivity contribution < 1.29 is 13.2 Å². The third kappa shape index (κ3) is 2.92. The fourth-order valence-electron chi connectivity index (χ4n) is 2.72. The topological polar surface area (TPSA) is 63.6 Å². The van der Waals surface area contributed by atoms with E-state index in [0.29, 0.717) is 16.4 Å². The van der Waals surface area contributed by atoms with Crippen LogP contribution in [0.5, 0.6) is 0 Å². The van der Waals surface area contributed by atoms with Gasteiger partial charge in [0.15, 0.2) is 0 Å². The molecule has 0 aliphatic heterocycles. The summed E-state index contributed by atoms with van der Waals surface area (Å²) in [5.74, 6) is 0.512. The Morgan fingerprint density at radius 2 is 1.92 bits per heavy atom. The molecule has 2 heterocycles. The van der Waals surface area contributed by atoms with Crippen LogP contribution in [-0.2, 0) is 12.7 Å². The predicted octanol–water partition coefficient (Wildman–Crippen LogP) is 3.99. The van der Waals surface area contributed by atoms with Crippen LogP contribution >= 0.6 is 11.6 Å². The molecule has 5 nitrogen and oxygen atoms in total. The minimum atomic E-state index is -4.49. The third-order valence-electron chi connectivity index (χ3n) is 3.97. The Balaban J connectivity index is 1.74. The number of nitrogens with zero attached hydrogens (tertiary/aromatic N) is 3. The van der Waals surface area contributed by atoms with Gasteiger partial charge in [-0.05, 0) is 36.4 Å². The highest BCUT2D eigenvalue weighted by molar-refractivity contribution is 6.31. The maximum atomic E-state index is 12.8. The quantitative estimate of drug-likeness (QED) is 0.573. The van der Waals surface area contributed by atoms with Gasteiger partial charge >= 0.3 is 6.18 Å². The minimum absolute atomic E-state index is 0.00235. The van der Waals surface area contributed by atoms with Crippen molar-refractivity contribution in [3.05, 3.63) is 69.5 Å². The number of benzene rings is 2. The van der Waals surface area contributed by atoms with Gasteiger partial charge in [-0.25, -0.2) is 9.97 Å². The monoisotopic (exact) mass is 378 g/mol. The SMILES string of the molecule is O=c1c2ccc(C(F)(F)F)cc2ncn1Cc1nc2ccc(Cl)cc2[nH]1. The predicted molar refractivity (Wildman–Crippen MR) is 91.2 cm³/mol. The number of fused-ring (bicyclic) bond motifs is 2. The number of hydrogen-bond acceptors (Lipinski definition) is 3. The fourth-order valence-corrected chi connectivity index (χ4v) is 2.89. The number of rotatable bonds is 2. The summed E-state index contributed by atoms with van der Waals surface area (Å²) in [4.78, 5) is 23.9. The Hall–Kier alpha value is -2.87. The number of nitrogens with one attached hydrogen (secondary N) is 1. The van der Waals surface area contributed by atoms with Gasteiger partial charge in [0.1, 0.15) is 5.82 Å². The molecule has 0 spiro atoms. The van der Waals surface area contributed by atoms with Gasteiger partial charge < -0.3 is 4.98 Å². The highest BCUT2D eigenvalue weighted by atomic mass is 35.5. The highest BCUT2D eigenvalue weighted by Crippen LogP contribution is 2.30. The number of H-pyrrole nitrogens is 1. The summed E-state index contributed by atoms with van der Waals surface area (Å²) >= 11 is 5.93. The van der Waals surface area contributed by atoms with Crippen molar-refractivity contribution in [1.82, 2.24) is 19.5 Å². The van der Waals surface area contributed by atoms with Gasteiger partial charge in [0, 0.05) is 5.02 Å². The average molecular weight is 379 g/mol. The molecule has 0 atom stereocenters. The summed E-state index contributed by atoms with van der Waals surface area (Å²) in [5.41, 5.74) is 0.133. The molecule has 2 aromatic carbocycles. The molecule has 4 aromatic rings. The first kappa shape index (κ1) is 16.6. The second-order valence-corrected chi connectivity index (χ2v) is 6.19. The van der Waals surface area contributed by atoms with Crippen LogP contribution < -0.4 is 5.56 Å². The molecular formula is C17H10ClF3N4O. The minimum Gasteiger partial charge on any atom is -0.340 e. The van der Waals surface area contributed by atoms with Crippen LogP contribution in [0.25, 0.3) is 21.9 Å². The van der Waals surface area contributed by atoms with Crippen molar-refractivity contribution in [2.45, 2.75) is 12.7 Å². The van der Waals surface area contributed by atoms with E-state index in [4.69, 9.17) is 11.6 Å². The van der Waals surface area contributed by atoms with Gasteiger partial charge in [-0.3, -0.25) is 9.36 Å². The number of aromatic nitrogens is 4. The number of halogens is 4. The lowest BCUT2D eigenvalue weighted by molar-refractivity contribution is -0.137. The van der Waals surface area contributed by atoms with Gasteiger partial charge in [-0.1, -0.05) is 11.6 Å². The first-order chi connectivity index (χ1) is 12.3. The number of aromatic amines is 1. The van der Waals surface area contributed by atoms with E-state index < -0.39 is 17.3 Å². The largest absolute Gasteiger partial charge is 0.416 e. The zero-order chi connectivity index (χ0) is 18.5. The smallest absolute Gasteiger partial charge is 0.340 e. The Labute approximate surface area is 149 Å². The second-order valence-electron chi connectivity index (χ2n) is 5.75. The lowest BCUT2D eigenvalue weighted by Crippen LogP contribution is -2.22. The van der Waals surface area contributed by atoms with Crippen LogP contribution in [0.1, 0.15) is 11.4 Å². The fraction of sp³-hybridized carbons (Fsp3) is 0.118. The highest BCUT2D eigenvalue weighted by Gasteiger charge is 2.30. The summed E-state index contributed by atoms with van der Waals surface area (Å²) < 4.78 is 39.6. The van der Waals surface area contributed by atoms with Crippen molar-refractivity contribution in [3.8, 4) is 0 Å². The molecule has 0 saturated carbocycles. The van der Waals surface area contributed by atoms with Crippen LogP contribution in [-0.4, -0.2) is 19.5 Å². The maximum absolute atomic E-state index is 12.8. The number of alkyl halides is 3. The van der Waals surface area contributed by atoms with Crippen LogP contribution in [0, 0.1) is 0 Å². The number of hydrogen-bond donors (Lipinski definition) is 1. The van der Waals surface area contributed by atoms with Crippen molar-refractivity contribution in [2.24, 2.45) is 0 Å². The summed E-state index contributed by atoms with van der Waals surface area (Å²) in [5, 5.41) is 0.664. The van der Waals surface area contributed by atoms with E-state index in [1.165, 1.54) is 10.9 Å². The zero-order valence-corrected chi connectivity index (χ0v) is 13.8. The van der Waals surface area contributed by atoms with E-state index >= 15 is 0 Å². The molecule has 132 valence electrons. The third-order valence-corrected chi connectivity index (χ3v) is 4.20. The van der Waals surface area contributed by atoms with Gasteiger partial charge in [0.25, 0.3) is 5.56 Å². The molecule has 0 amide bonds. The Morgan fingerprint density at radius 1 is 1.12 bits per heavy atom. The van der Waals surface area contributed by atoms with Crippen LogP contribution in [0.15, 0.2) is 47.5 Å². The molecule has 0 bridgehead atoms. The van der Waals surface area contributed by atoms with Crippen LogP contribution in [0.3, 0.4) is 0 Å². The molecule has 0 fully saturated rings. The van der Waals surface area contributed by atoms with Crippen molar-refractivity contribution in [3.63, 3.8) is 0 Å². The van der Waals surface area contributed by atoms with E-state index in [1.54, 1.807) is 18.2 Å². The summed E-state index contributed by atoms with van der Waals surface area (Å²) in [6.45, 7) is 0.106.